The maximum absolute atomic E-state index is 13.0. The number of aryl methyl sites for hydroxylation is 2. The number of hydrogen-bond donors (Lipinski definition) is 2. The van der Waals surface area contributed by atoms with Crippen LogP contribution in [0.2, 0.25) is 0 Å². The van der Waals surface area contributed by atoms with Crippen LogP contribution >= 0.6 is 0 Å². The smallest absolute Gasteiger partial charge is 0.183 e. The van der Waals surface area contributed by atoms with E-state index in [2.05, 4.69) is 0 Å². The van der Waals surface area contributed by atoms with Gasteiger partial charge >= 0.3 is 0 Å². The van der Waals surface area contributed by atoms with Gasteiger partial charge in [0, 0.05) is 12.5 Å². The SMILES string of the molecule is Cc1ccc([C@@H]2[C@H](S(=O)(=O)c3ccc(C)cc3)[C@]2(N)CN)cc1. The van der Waals surface area contributed by atoms with E-state index in [0.29, 0.717) is 4.90 Å². The number of sulfone groups is 1. The summed E-state index contributed by atoms with van der Waals surface area (Å²) in [7, 11) is -3.51. The van der Waals surface area contributed by atoms with Crippen molar-refractivity contribution < 1.29 is 8.42 Å². The molecule has 5 heteroatoms. The first-order valence-electron chi connectivity index (χ1n) is 7.67. The first kappa shape index (κ1) is 16.2. The summed E-state index contributed by atoms with van der Waals surface area (Å²) in [5, 5.41) is -0.676. The molecule has 3 atom stereocenters. The van der Waals surface area contributed by atoms with Crippen LogP contribution in [0.15, 0.2) is 53.4 Å². The van der Waals surface area contributed by atoms with E-state index in [1.165, 1.54) is 0 Å². The minimum absolute atomic E-state index is 0.140. The maximum Gasteiger partial charge on any atom is 0.183 e. The van der Waals surface area contributed by atoms with Crippen LogP contribution in [0.5, 0.6) is 0 Å². The highest BCUT2D eigenvalue weighted by atomic mass is 32.2. The molecular formula is C18H22N2O2S. The lowest BCUT2D eigenvalue weighted by atomic mass is 10.1. The van der Waals surface area contributed by atoms with Gasteiger partial charge in [0.15, 0.2) is 9.84 Å². The van der Waals surface area contributed by atoms with Gasteiger partial charge in [-0.3, -0.25) is 0 Å². The van der Waals surface area contributed by atoms with Crippen LogP contribution < -0.4 is 11.5 Å². The molecule has 0 aromatic heterocycles. The zero-order valence-corrected chi connectivity index (χ0v) is 14.2. The highest BCUT2D eigenvalue weighted by molar-refractivity contribution is 7.92. The van der Waals surface area contributed by atoms with Gasteiger partial charge in [0.05, 0.1) is 15.7 Å². The number of benzene rings is 2. The Morgan fingerprint density at radius 1 is 0.957 bits per heavy atom. The summed E-state index contributed by atoms with van der Waals surface area (Å²) in [6, 6.07) is 14.7. The van der Waals surface area contributed by atoms with Crippen molar-refractivity contribution in [3.63, 3.8) is 0 Å². The average Bonchev–Trinajstić information content (AvgIpc) is 3.16. The summed E-state index contributed by atoms with van der Waals surface area (Å²) in [5.41, 5.74) is 14.4. The van der Waals surface area contributed by atoms with Crippen molar-refractivity contribution >= 4 is 9.84 Å². The molecule has 23 heavy (non-hydrogen) atoms. The lowest BCUT2D eigenvalue weighted by Crippen LogP contribution is -2.39. The minimum atomic E-state index is -3.51. The summed E-state index contributed by atoms with van der Waals surface area (Å²) in [4.78, 5) is 0.311. The second kappa shape index (κ2) is 5.44. The van der Waals surface area contributed by atoms with Crippen LogP contribution in [-0.2, 0) is 9.84 Å². The molecule has 0 spiro atoms. The molecule has 0 saturated heterocycles. The van der Waals surface area contributed by atoms with Crippen molar-refractivity contribution in [1.29, 1.82) is 0 Å². The van der Waals surface area contributed by atoms with Crippen molar-refractivity contribution in [3.8, 4) is 0 Å². The third-order valence-electron chi connectivity index (χ3n) is 4.78. The predicted molar refractivity (Wildman–Crippen MR) is 92.0 cm³/mol. The summed E-state index contributed by atoms with van der Waals surface area (Å²) in [5.74, 6) is -0.264. The number of nitrogens with two attached hydrogens (primary N) is 2. The standard InChI is InChI=1S/C18H22N2O2S/c1-12-3-7-14(8-4-12)16-17(18(16,20)11-19)23(21,22)15-9-5-13(2)6-10-15/h3-10,16-17H,11,19-20H2,1-2H3/t16-,17+,18+/m1/s1. The van der Waals surface area contributed by atoms with Crippen molar-refractivity contribution in [2.24, 2.45) is 11.5 Å². The van der Waals surface area contributed by atoms with Crippen LogP contribution in [0.1, 0.15) is 22.6 Å². The van der Waals surface area contributed by atoms with Crippen LogP contribution in [-0.4, -0.2) is 25.8 Å². The fourth-order valence-electron chi connectivity index (χ4n) is 3.27. The third-order valence-corrected chi connectivity index (χ3v) is 7.09. The van der Waals surface area contributed by atoms with Crippen LogP contribution in [0, 0.1) is 13.8 Å². The van der Waals surface area contributed by atoms with Gasteiger partial charge in [0.25, 0.3) is 0 Å². The Balaban J connectivity index is 2.01. The molecule has 0 heterocycles. The van der Waals surface area contributed by atoms with Gasteiger partial charge < -0.3 is 11.5 Å². The summed E-state index contributed by atoms with van der Waals surface area (Å²) < 4.78 is 26.0. The van der Waals surface area contributed by atoms with Crippen LogP contribution in [0.25, 0.3) is 0 Å². The molecule has 0 unspecified atom stereocenters. The molecule has 2 aromatic carbocycles. The Hall–Kier alpha value is -1.69. The molecule has 1 saturated carbocycles. The molecule has 0 bridgehead atoms. The van der Waals surface area contributed by atoms with E-state index in [9.17, 15) is 8.42 Å². The van der Waals surface area contributed by atoms with E-state index in [-0.39, 0.29) is 12.5 Å². The van der Waals surface area contributed by atoms with E-state index in [0.717, 1.165) is 16.7 Å². The molecule has 0 amide bonds. The summed E-state index contributed by atoms with van der Waals surface area (Å²) >= 11 is 0. The second-order valence-corrected chi connectivity index (χ2v) is 8.55. The molecule has 2 aromatic rings. The van der Waals surface area contributed by atoms with Crippen molar-refractivity contribution in [2.75, 3.05) is 6.54 Å². The molecule has 1 fully saturated rings. The Kier molecular flexibility index (Phi) is 3.83. The van der Waals surface area contributed by atoms with E-state index in [4.69, 9.17) is 11.5 Å². The molecule has 3 rings (SSSR count). The van der Waals surface area contributed by atoms with Gasteiger partial charge in [0.2, 0.25) is 0 Å². The van der Waals surface area contributed by atoms with Crippen molar-refractivity contribution in [3.05, 3.63) is 65.2 Å². The van der Waals surface area contributed by atoms with Crippen LogP contribution in [0.3, 0.4) is 0 Å². The fraction of sp³-hybridized carbons (Fsp3) is 0.333. The lowest BCUT2D eigenvalue weighted by molar-refractivity contribution is 0.586. The molecule has 0 aliphatic heterocycles. The predicted octanol–water partition coefficient (Wildman–Crippen LogP) is 1.90. The first-order chi connectivity index (χ1) is 10.8. The van der Waals surface area contributed by atoms with E-state index >= 15 is 0 Å². The fourth-order valence-corrected chi connectivity index (χ4v) is 5.59. The summed E-state index contributed by atoms with van der Waals surface area (Å²) in [6.07, 6.45) is 0. The number of hydrogen-bond acceptors (Lipinski definition) is 4. The summed E-state index contributed by atoms with van der Waals surface area (Å²) in [6.45, 7) is 4.06. The van der Waals surface area contributed by atoms with Gasteiger partial charge in [-0.1, -0.05) is 47.5 Å². The van der Waals surface area contributed by atoms with Crippen molar-refractivity contribution in [2.45, 2.75) is 35.4 Å². The molecule has 1 aliphatic rings. The Morgan fingerprint density at radius 3 is 1.91 bits per heavy atom. The van der Waals surface area contributed by atoms with E-state index < -0.39 is 20.6 Å². The number of rotatable bonds is 4. The van der Waals surface area contributed by atoms with Gasteiger partial charge in [-0.25, -0.2) is 8.42 Å². The van der Waals surface area contributed by atoms with Crippen molar-refractivity contribution in [1.82, 2.24) is 0 Å². The maximum atomic E-state index is 13.0. The largest absolute Gasteiger partial charge is 0.329 e. The molecular weight excluding hydrogens is 308 g/mol. The topological polar surface area (TPSA) is 86.2 Å². The van der Waals surface area contributed by atoms with E-state index in [1.807, 2.05) is 38.1 Å². The molecule has 4 nitrogen and oxygen atoms in total. The molecule has 122 valence electrons. The first-order valence-corrected chi connectivity index (χ1v) is 9.21. The normalized spacial score (nSPS) is 27.0. The third kappa shape index (κ3) is 2.59. The molecule has 0 radical (unpaired) electrons. The van der Waals surface area contributed by atoms with Gasteiger partial charge in [-0.05, 0) is 31.5 Å². The minimum Gasteiger partial charge on any atom is -0.329 e. The van der Waals surface area contributed by atoms with Crippen LogP contribution in [0.4, 0.5) is 0 Å². The Morgan fingerprint density at radius 2 is 1.43 bits per heavy atom. The zero-order valence-electron chi connectivity index (χ0n) is 13.4. The van der Waals surface area contributed by atoms with Gasteiger partial charge in [0.1, 0.15) is 0 Å². The monoisotopic (exact) mass is 330 g/mol. The quantitative estimate of drug-likeness (QED) is 0.896. The Bertz CT molecular complexity index is 813. The van der Waals surface area contributed by atoms with E-state index in [1.54, 1.807) is 24.3 Å². The van der Waals surface area contributed by atoms with Gasteiger partial charge in [-0.15, -0.1) is 0 Å². The van der Waals surface area contributed by atoms with Gasteiger partial charge in [-0.2, -0.15) is 0 Å². The highest BCUT2D eigenvalue weighted by Gasteiger charge is 2.68. The average molecular weight is 330 g/mol. The second-order valence-electron chi connectivity index (χ2n) is 6.48. The highest BCUT2D eigenvalue weighted by Crippen LogP contribution is 2.55. The lowest BCUT2D eigenvalue weighted by Gasteiger charge is -2.09. The Labute approximate surface area is 137 Å². The molecule has 1 aliphatic carbocycles. The zero-order chi connectivity index (χ0) is 16.8. The molecule has 4 N–H and O–H groups in total.